The van der Waals surface area contributed by atoms with Crippen LogP contribution in [0.25, 0.3) is 22.3 Å². The van der Waals surface area contributed by atoms with Crippen LogP contribution >= 0.6 is 27.0 Å². The number of carboxylic acid groups (broad SMARTS) is 1. The molecule has 4 atom stereocenters. The maximum Gasteiger partial charge on any atom is 1.00 e. The number of aromatic nitrogens is 2. The van der Waals surface area contributed by atoms with E-state index in [1.807, 2.05) is 23.6 Å². The molecular weight excluding hydrogens is 1450 g/mol. The summed E-state index contributed by atoms with van der Waals surface area (Å²) >= 11 is 0. The van der Waals surface area contributed by atoms with Crippen molar-refractivity contribution in [1.82, 2.24) is 29.6 Å². The summed E-state index contributed by atoms with van der Waals surface area (Å²) in [6, 6.07) is 7.84. The molecule has 2 aliphatic rings. The Kier molecular flexibility index (Phi) is 33.6. The zero-order valence-corrected chi connectivity index (χ0v) is 62.7. The molecule has 4 N–H and O–H groups in total. The molecular formula is C74H89F14LiN6O9S2. The molecule has 2 amide bonds. The molecule has 15 nitrogen and oxygen atoms in total. The maximum atomic E-state index is 16.0. The zero-order valence-electron chi connectivity index (χ0n) is 60.7. The molecule has 0 spiro atoms. The molecule has 2 aromatic heterocycles. The van der Waals surface area contributed by atoms with Gasteiger partial charge in [0, 0.05) is 74.9 Å². The Hall–Kier alpha value is -7.14. The number of hydrogen-bond donors (Lipinski definition) is 3. The Morgan fingerprint density at radius 3 is 1.14 bits per heavy atom. The molecule has 0 saturated carbocycles. The third-order valence-electron chi connectivity index (χ3n) is 18.1. The summed E-state index contributed by atoms with van der Waals surface area (Å²) in [6.45, 7) is 22.2. The van der Waals surface area contributed by atoms with Crippen molar-refractivity contribution in [3.05, 3.63) is 184 Å². The van der Waals surface area contributed by atoms with Gasteiger partial charge < -0.3 is 44.9 Å². The second-order valence-electron chi connectivity index (χ2n) is 27.5. The van der Waals surface area contributed by atoms with Crippen LogP contribution in [0.2, 0.25) is 0 Å². The maximum absolute atomic E-state index is 16.0. The monoisotopic (exact) mass is 1540 g/mol. The summed E-state index contributed by atoms with van der Waals surface area (Å²) in [5, 5.41) is 14.5. The van der Waals surface area contributed by atoms with Crippen LogP contribution in [0.5, 0.6) is 0 Å². The molecule has 2 unspecified atom stereocenters. The first-order valence-corrected chi connectivity index (χ1v) is 33.4. The van der Waals surface area contributed by atoms with E-state index in [0.717, 1.165) is 33.7 Å². The molecule has 32 heteroatoms. The van der Waals surface area contributed by atoms with Crippen molar-refractivity contribution in [2.24, 2.45) is 23.7 Å². The van der Waals surface area contributed by atoms with Crippen molar-refractivity contribution >= 4 is 50.7 Å². The van der Waals surface area contributed by atoms with Gasteiger partial charge in [0.1, 0.15) is 23.7 Å². The number of nitrogens with zero attached hydrogens (tertiary/aromatic N) is 4. The van der Waals surface area contributed by atoms with E-state index in [-0.39, 0.29) is 131 Å². The van der Waals surface area contributed by atoms with Crippen LogP contribution in [0.1, 0.15) is 165 Å². The minimum atomic E-state index is -5.19. The van der Waals surface area contributed by atoms with Crippen LogP contribution in [0.4, 0.5) is 61.5 Å². The Labute approximate surface area is 631 Å². The van der Waals surface area contributed by atoms with Crippen molar-refractivity contribution in [3.8, 4) is 22.3 Å². The van der Waals surface area contributed by atoms with E-state index in [2.05, 4.69) is 10.6 Å². The van der Waals surface area contributed by atoms with E-state index in [0.29, 0.717) is 95.7 Å². The van der Waals surface area contributed by atoms with Gasteiger partial charge in [0.25, 0.3) is 11.1 Å². The fraction of sp³-hybridized carbons (Fsp3) is 0.486. The van der Waals surface area contributed by atoms with Gasteiger partial charge in [-0.1, -0.05) is 77.9 Å². The standard InChI is InChI=1S/C38H44F7N3O4.C36H40F7N3O4.Li.H2O.2H2S/c1-7-52-33(50)17-30(27-14-26(15-29(35(27)39)38(43,44)45)34-23(5)9-8-10-24(34)6)46-36(51)31(13-21(2)3)48-20-25(11-12-47-18-22(4)19-47)28(16-32(48)49)37(40,41)42;1-19(2)11-29(46-18-23(9-10-45-16-20(3)17-45)26(14-30(46)47)35(38,39)40)34(50)44-28(15-31(48)49)25-12-24(13-27(33(25)37)36(41,42)43)32-21(4)7-6-8-22(32)5;;;;/h8-10,14-16,20-22,30-31H,7,11-13,17-19H2,1-6H3,(H,46,51);6-8,12-14,18-20,28-29H,9-11,15-17H2,1-5H3,(H,44,50)(H,48,49);;3*1H2/q;;+1;;;/p-1/t30-,31?;28-,29?;;;;/m00..../s1. The normalized spacial score (nSPS) is 14.9. The number of carboxylic acids is 1. The van der Waals surface area contributed by atoms with Crippen LogP contribution in [0.15, 0.2) is 94.8 Å². The number of benzene rings is 4. The van der Waals surface area contributed by atoms with E-state index >= 15 is 8.78 Å². The molecule has 2 saturated heterocycles. The Bertz CT molecular complexity index is 4130. The first kappa shape index (κ1) is 93.1. The number of ether oxygens (including phenoxy) is 1. The number of carbonyl (C=O) groups excluding carboxylic acids is 3. The van der Waals surface area contributed by atoms with Gasteiger partial charge in [0.05, 0.1) is 53.8 Å². The van der Waals surface area contributed by atoms with Gasteiger partial charge in [-0.3, -0.25) is 28.8 Å². The smallest absolute Gasteiger partial charge is 0.870 e. The van der Waals surface area contributed by atoms with Crippen LogP contribution in [0.3, 0.4) is 0 Å². The molecule has 580 valence electrons. The third kappa shape index (κ3) is 23.7. The Morgan fingerprint density at radius 1 is 0.538 bits per heavy atom. The van der Waals surface area contributed by atoms with E-state index in [9.17, 15) is 86.6 Å². The quantitative estimate of drug-likeness (QED) is 0.0280. The second kappa shape index (κ2) is 38.3. The number of hydrogen-bond acceptors (Lipinski definition) is 10. The minimum Gasteiger partial charge on any atom is -0.870 e. The summed E-state index contributed by atoms with van der Waals surface area (Å²) in [5.74, 6) is -7.94. The second-order valence-corrected chi connectivity index (χ2v) is 27.5. The largest absolute Gasteiger partial charge is 1.00 e. The third-order valence-corrected chi connectivity index (χ3v) is 18.1. The summed E-state index contributed by atoms with van der Waals surface area (Å²) in [5.41, 5.74) is -6.71. The fourth-order valence-electron chi connectivity index (χ4n) is 13.4. The van der Waals surface area contributed by atoms with Crippen molar-refractivity contribution in [3.63, 3.8) is 0 Å². The van der Waals surface area contributed by atoms with Gasteiger partial charge in [0.2, 0.25) is 11.8 Å². The minimum absolute atomic E-state index is 0. The molecule has 2 fully saturated rings. The summed E-state index contributed by atoms with van der Waals surface area (Å²) < 4.78 is 209. The average molecular weight is 1540 g/mol. The number of esters is 1. The molecule has 8 rings (SSSR count). The fourth-order valence-corrected chi connectivity index (χ4v) is 13.4. The van der Waals surface area contributed by atoms with E-state index in [1.54, 1.807) is 91.8 Å². The number of nitrogens with one attached hydrogen (secondary N) is 2. The van der Waals surface area contributed by atoms with Gasteiger partial charge in [-0.15, -0.1) is 0 Å². The summed E-state index contributed by atoms with van der Waals surface area (Å²) in [6.07, 6.45) is -20.3. The van der Waals surface area contributed by atoms with Crippen LogP contribution in [0, 0.1) is 63.0 Å². The molecule has 0 radical (unpaired) electrons. The van der Waals surface area contributed by atoms with Crippen molar-refractivity contribution in [1.29, 1.82) is 0 Å². The van der Waals surface area contributed by atoms with Gasteiger partial charge >= 0.3 is 55.5 Å². The molecule has 106 heavy (non-hydrogen) atoms. The Morgan fingerprint density at radius 2 is 0.858 bits per heavy atom. The van der Waals surface area contributed by atoms with Gasteiger partial charge in [-0.2, -0.15) is 79.7 Å². The summed E-state index contributed by atoms with van der Waals surface area (Å²) in [7, 11) is 0. The molecule has 2 aliphatic heterocycles. The number of alkyl halides is 12. The van der Waals surface area contributed by atoms with Gasteiger partial charge in [0.15, 0.2) is 0 Å². The number of amides is 2. The van der Waals surface area contributed by atoms with Crippen LogP contribution in [-0.2, 0) is 61.5 Å². The number of rotatable bonds is 25. The van der Waals surface area contributed by atoms with Crippen molar-refractivity contribution in [2.45, 2.75) is 164 Å². The molecule has 4 heterocycles. The van der Waals surface area contributed by atoms with Gasteiger partial charge in [-0.25, -0.2) is 8.78 Å². The molecule has 6 aromatic rings. The topological polar surface area (TPSA) is 202 Å². The number of carbonyl (C=O) groups is 4. The van der Waals surface area contributed by atoms with Crippen LogP contribution in [-0.4, -0.2) is 99.1 Å². The number of likely N-dealkylation sites (tertiary alicyclic amines) is 2. The average Bonchev–Trinajstić information content (AvgIpc) is 0.778. The molecule has 0 aliphatic carbocycles. The Balaban J connectivity index is 0.000000531. The SMILES string of the molecule is CCOC(=O)C[C@H](NC(=O)C(CC(C)C)n1cc(CCN2CC(C)C2)c(C(F)(F)F)cc1=O)c1cc(-c2c(C)cccc2C)cc(C(F)(F)F)c1F.Cc1cccc(C)c1-c1cc([C@H](CC(=O)O)NC(=O)C(CC(C)C)n2cc(CCN3CC(C)C3)c(C(F)(F)F)cc2=O)c(F)c(C(F)(F)F)c1.S.S.[Li+].[OH-]. The predicted octanol–water partition coefficient (Wildman–Crippen LogP) is 13.0. The first-order valence-electron chi connectivity index (χ1n) is 33.4. The number of pyridine rings is 2. The number of aryl methyl sites for hydroxylation is 4. The zero-order chi connectivity index (χ0) is 76.0. The van der Waals surface area contributed by atoms with E-state index < -0.39 is 142 Å². The molecule has 0 bridgehead atoms. The number of halogens is 14. The van der Waals surface area contributed by atoms with Crippen molar-refractivity contribution < 1.29 is 115 Å². The summed E-state index contributed by atoms with van der Waals surface area (Å²) in [4.78, 5) is 83.4. The molecule has 4 aromatic carbocycles. The van der Waals surface area contributed by atoms with Gasteiger partial charge in [-0.05, 0) is 164 Å². The van der Waals surface area contributed by atoms with Crippen LogP contribution < -0.4 is 40.6 Å². The number of aliphatic carboxylic acids is 1. The van der Waals surface area contributed by atoms with E-state index in [4.69, 9.17) is 4.74 Å². The first-order chi connectivity index (χ1) is 47.4. The van der Waals surface area contributed by atoms with E-state index in [1.165, 1.54) is 6.92 Å². The predicted molar refractivity (Wildman–Crippen MR) is 378 cm³/mol. The van der Waals surface area contributed by atoms with Crippen molar-refractivity contribution in [2.75, 3.05) is 45.9 Å².